The minimum Gasteiger partial charge on any atom is -0.305 e. The van der Waals surface area contributed by atoms with Gasteiger partial charge in [0.2, 0.25) is 0 Å². The highest BCUT2D eigenvalue weighted by Gasteiger charge is 2.30. The van der Waals surface area contributed by atoms with E-state index in [1.54, 1.807) is 6.20 Å². The number of anilines is 1. The number of fused-ring (bicyclic) bond motifs is 2. The molecule has 1 aromatic carbocycles. The number of carbonyl (C=O) groups excluding carboxylic acids is 1. The summed E-state index contributed by atoms with van der Waals surface area (Å²) >= 11 is 0. The van der Waals surface area contributed by atoms with Crippen LogP contribution in [0.5, 0.6) is 0 Å². The van der Waals surface area contributed by atoms with E-state index in [1.165, 1.54) is 11.6 Å². The van der Waals surface area contributed by atoms with E-state index >= 15 is 0 Å². The maximum absolute atomic E-state index is 12.2. The summed E-state index contributed by atoms with van der Waals surface area (Å²) < 4.78 is 0. The maximum atomic E-state index is 12.2. The Balaban J connectivity index is 1.86. The fraction of sp³-hybridized carbons (Fsp3) is 0.167. The highest BCUT2D eigenvalue weighted by atomic mass is 16.2. The summed E-state index contributed by atoms with van der Waals surface area (Å²) in [5.41, 5.74) is 4.73. The number of nitrogens with one attached hydrogen (secondary N) is 1. The molecule has 5 heteroatoms. The van der Waals surface area contributed by atoms with Crippen molar-refractivity contribution in [2.75, 3.05) is 4.90 Å². The predicted molar refractivity (Wildman–Crippen MR) is 90.2 cm³/mol. The van der Waals surface area contributed by atoms with Gasteiger partial charge in [-0.1, -0.05) is 18.7 Å². The standard InChI is InChI=1S/C18H16N4O/c1-3-16(23)22-11(2)9-12-6-7-13(10-15(12)22)17-14-5-4-8-19-18(14)21-20-17/h3-8,10-11H,1,9H2,2H3,(H,19,20,21)/t11-/m0/s1. The van der Waals surface area contributed by atoms with E-state index in [0.717, 1.165) is 28.8 Å². The lowest BCUT2D eigenvalue weighted by Gasteiger charge is -2.21. The summed E-state index contributed by atoms with van der Waals surface area (Å²) in [7, 11) is 0. The van der Waals surface area contributed by atoms with Gasteiger partial charge in [0, 0.05) is 28.9 Å². The summed E-state index contributed by atoms with van der Waals surface area (Å²) in [5, 5.41) is 8.27. The van der Waals surface area contributed by atoms with Crippen LogP contribution in [0.15, 0.2) is 49.2 Å². The lowest BCUT2D eigenvalue weighted by Crippen LogP contribution is -2.34. The Hall–Kier alpha value is -2.95. The Kier molecular flexibility index (Phi) is 3.01. The van der Waals surface area contributed by atoms with Crippen LogP contribution in [0.1, 0.15) is 12.5 Å². The summed E-state index contributed by atoms with van der Waals surface area (Å²) in [4.78, 5) is 18.2. The van der Waals surface area contributed by atoms with Crippen LogP contribution in [0.4, 0.5) is 5.69 Å². The quantitative estimate of drug-likeness (QED) is 0.740. The van der Waals surface area contributed by atoms with Gasteiger partial charge in [-0.3, -0.25) is 9.89 Å². The maximum Gasteiger partial charge on any atom is 0.250 e. The number of pyridine rings is 1. The third-order valence-corrected chi connectivity index (χ3v) is 4.33. The number of carbonyl (C=O) groups is 1. The summed E-state index contributed by atoms with van der Waals surface area (Å²) in [6.07, 6.45) is 3.95. The van der Waals surface area contributed by atoms with Gasteiger partial charge in [-0.2, -0.15) is 5.10 Å². The number of hydrogen-bond acceptors (Lipinski definition) is 3. The fourth-order valence-corrected chi connectivity index (χ4v) is 3.27. The molecule has 1 atom stereocenters. The largest absolute Gasteiger partial charge is 0.305 e. The van der Waals surface area contributed by atoms with E-state index in [1.807, 2.05) is 23.1 Å². The van der Waals surface area contributed by atoms with Gasteiger partial charge in [-0.15, -0.1) is 0 Å². The number of hydrogen-bond donors (Lipinski definition) is 1. The van der Waals surface area contributed by atoms with Gasteiger partial charge in [0.25, 0.3) is 5.91 Å². The molecule has 1 amide bonds. The van der Waals surface area contributed by atoms with Gasteiger partial charge in [-0.05, 0) is 43.2 Å². The smallest absolute Gasteiger partial charge is 0.250 e. The van der Waals surface area contributed by atoms with Crippen molar-refractivity contribution in [2.24, 2.45) is 0 Å². The van der Waals surface area contributed by atoms with Crippen molar-refractivity contribution >= 4 is 22.6 Å². The van der Waals surface area contributed by atoms with Crippen molar-refractivity contribution in [1.82, 2.24) is 15.2 Å². The molecule has 1 N–H and O–H groups in total. The van der Waals surface area contributed by atoms with Crippen LogP contribution < -0.4 is 4.90 Å². The second-order valence-corrected chi connectivity index (χ2v) is 5.78. The molecule has 0 saturated carbocycles. The molecule has 3 heterocycles. The molecule has 1 aliphatic rings. The summed E-state index contributed by atoms with van der Waals surface area (Å²) in [6, 6.07) is 10.2. The third-order valence-electron chi connectivity index (χ3n) is 4.33. The number of H-pyrrole nitrogens is 1. The molecule has 0 unspecified atom stereocenters. The number of aromatic nitrogens is 3. The Bertz CT molecular complexity index is 928. The summed E-state index contributed by atoms with van der Waals surface area (Å²) in [5.74, 6) is -0.0652. The van der Waals surface area contributed by atoms with Gasteiger partial charge in [-0.25, -0.2) is 4.98 Å². The van der Waals surface area contributed by atoms with Crippen LogP contribution in [-0.4, -0.2) is 27.1 Å². The van der Waals surface area contributed by atoms with Gasteiger partial charge in [0.15, 0.2) is 5.65 Å². The van der Waals surface area contributed by atoms with E-state index in [4.69, 9.17) is 0 Å². The second kappa shape index (κ2) is 5.05. The van der Waals surface area contributed by atoms with Crippen molar-refractivity contribution in [2.45, 2.75) is 19.4 Å². The van der Waals surface area contributed by atoms with Crippen molar-refractivity contribution in [1.29, 1.82) is 0 Å². The average Bonchev–Trinajstić information content (AvgIpc) is 3.13. The van der Waals surface area contributed by atoms with Crippen molar-refractivity contribution in [3.63, 3.8) is 0 Å². The number of amides is 1. The molecule has 0 bridgehead atoms. The van der Waals surface area contributed by atoms with Gasteiger partial charge < -0.3 is 4.90 Å². The van der Waals surface area contributed by atoms with Crippen LogP contribution in [0.25, 0.3) is 22.3 Å². The SMILES string of the molecule is C=CC(=O)N1c2cc(-c3[nH]nc4ncccc34)ccc2C[C@@H]1C. The van der Waals surface area contributed by atoms with E-state index in [-0.39, 0.29) is 11.9 Å². The first kappa shape index (κ1) is 13.7. The highest BCUT2D eigenvalue weighted by Crippen LogP contribution is 2.36. The zero-order valence-corrected chi connectivity index (χ0v) is 12.8. The van der Waals surface area contributed by atoms with Crippen molar-refractivity contribution < 1.29 is 4.79 Å². The molecule has 5 nitrogen and oxygen atoms in total. The minimum atomic E-state index is -0.0652. The van der Waals surface area contributed by atoms with Crippen molar-refractivity contribution in [3.8, 4) is 11.3 Å². The molecule has 114 valence electrons. The molecule has 0 fully saturated rings. The molecule has 0 saturated heterocycles. The zero-order valence-electron chi connectivity index (χ0n) is 12.8. The fourth-order valence-electron chi connectivity index (χ4n) is 3.27. The van der Waals surface area contributed by atoms with Crippen LogP contribution >= 0.6 is 0 Å². The minimum absolute atomic E-state index is 0.0652. The van der Waals surface area contributed by atoms with Gasteiger partial charge in [0.1, 0.15) is 0 Å². The van der Waals surface area contributed by atoms with Crippen LogP contribution in [0, 0.1) is 0 Å². The lowest BCUT2D eigenvalue weighted by molar-refractivity contribution is -0.114. The monoisotopic (exact) mass is 304 g/mol. The molecular formula is C18H16N4O. The normalized spacial score (nSPS) is 16.6. The van der Waals surface area contributed by atoms with E-state index < -0.39 is 0 Å². The molecule has 1 aliphatic heterocycles. The number of nitrogens with zero attached hydrogens (tertiary/aromatic N) is 3. The van der Waals surface area contributed by atoms with E-state index in [0.29, 0.717) is 5.65 Å². The molecule has 0 radical (unpaired) electrons. The second-order valence-electron chi connectivity index (χ2n) is 5.78. The molecule has 23 heavy (non-hydrogen) atoms. The molecule has 0 spiro atoms. The number of aromatic amines is 1. The molecule has 2 aromatic heterocycles. The highest BCUT2D eigenvalue weighted by molar-refractivity contribution is 6.04. The van der Waals surface area contributed by atoms with Gasteiger partial charge in [0.05, 0.1) is 5.69 Å². The van der Waals surface area contributed by atoms with Crippen molar-refractivity contribution in [3.05, 3.63) is 54.7 Å². The third kappa shape index (κ3) is 2.04. The Labute approximate surface area is 133 Å². The molecule has 0 aliphatic carbocycles. The molecular weight excluding hydrogens is 288 g/mol. The van der Waals surface area contributed by atoms with Crippen LogP contribution in [-0.2, 0) is 11.2 Å². The zero-order chi connectivity index (χ0) is 16.0. The Morgan fingerprint density at radius 1 is 1.43 bits per heavy atom. The molecule has 4 rings (SSSR count). The van der Waals surface area contributed by atoms with Gasteiger partial charge >= 0.3 is 0 Å². The van der Waals surface area contributed by atoms with E-state index in [9.17, 15) is 4.79 Å². The van der Waals surface area contributed by atoms with E-state index in [2.05, 4.69) is 40.8 Å². The van der Waals surface area contributed by atoms with Crippen LogP contribution in [0.2, 0.25) is 0 Å². The topological polar surface area (TPSA) is 61.9 Å². The average molecular weight is 304 g/mol. The molecule has 3 aromatic rings. The first-order chi connectivity index (χ1) is 11.2. The Morgan fingerprint density at radius 2 is 2.30 bits per heavy atom. The first-order valence-corrected chi connectivity index (χ1v) is 7.57. The number of benzene rings is 1. The lowest BCUT2D eigenvalue weighted by atomic mass is 10.0. The Morgan fingerprint density at radius 3 is 3.13 bits per heavy atom. The summed E-state index contributed by atoms with van der Waals surface area (Å²) in [6.45, 7) is 5.66. The first-order valence-electron chi connectivity index (χ1n) is 7.57. The number of rotatable bonds is 2. The predicted octanol–water partition coefficient (Wildman–Crippen LogP) is 3.09. The van der Waals surface area contributed by atoms with Crippen LogP contribution in [0.3, 0.4) is 0 Å².